The first-order valence-electron chi connectivity index (χ1n) is 7.40. The fraction of sp³-hybridized carbons (Fsp3) is 0.588. The van der Waals surface area contributed by atoms with Crippen molar-refractivity contribution in [2.24, 2.45) is 0 Å². The third-order valence-electron chi connectivity index (χ3n) is 3.45. The lowest BCUT2D eigenvalue weighted by Crippen LogP contribution is -2.40. The Labute approximate surface area is 123 Å². The maximum absolute atomic E-state index is 9.16. The highest BCUT2D eigenvalue weighted by Crippen LogP contribution is 2.19. The van der Waals surface area contributed by atoms with Gasteiger partial charge in [-0.25, -0.2) is 0 Å². The van der Waals surface area contributed by atoms with E-state index in [2.05, 4.69) is 37.4 Å². The molecular formula is C17H26N2O. The molecule has 1 atom stereocenters. The molecule has 0 aliphatic carbocycles. The van der Waals surface area contributed by atoms with Crippen molar-refractivity contribution in [2.75, 3.05) is 13.2 Å². The molecule has 0 saturated carbocycles. The van der Waals surface area contributed by atoms with E-state index < -0.39 is 5.54 Å². The number of hydrogen-bond donors (Lipinski definition) is 1. The molecule has 1 rings (SSSR count). The van der Waals surface area contributed by atoms with E-state index in [9.17, 15) is 0 Å². The van der Waals surface area contributed by atoms with Crippen LogP contribution in [0.4, 0.5) is 0 Å². The molecule has 3 heteroatoms. The molecule has 110 valence electrons. The lowest BCUT2D eigenvalue weighted by Gasteiger charge is -2.22. The van der Waals surface area contributed by atoms with E-state index in [0.717, 1.165) is 25.1 Å². The van der Waals surface area contributed by atoms with Crippen molar-refractivity contribution in [3.05, 3.63) is 29.8 Å². The van der Waals surface area contributed by atoms with Gasteiger partial charge in [0, 0.05) is 0 Å². The first kappa shape index (κ1) is 16.5. The molecular weight excluding hydrogens is 248 g/mol. The fourth-order valence-electron chi connectivity index (χ4n) is 2.14. The number of nitrogens with one attached hydrogen (secondary N) is 1. The van der Waals surface area contributed by atoms with Gasteiger partial charge in [0.2, 0.25) is 0 Å². The molecule has 0 heterocycles. The van der Waals surface area contributed by atoms with Crippen LogP contribution >= 0.6 is 0 Å². The molecule has 0 fully saturated rings. The van der Waals surface area contributed by atoms with E-state index in [1.807, 2.05) is 26.0 Å². The van der Waals surface area contributed by atoms with Crippen LogP contribution < -0.4 is 10.1 Å². The van der Waals surface area contributed by atoms with Crippen molar-refractivity contribution in [3.63, 3.8) is 0 Å². The van der Waals surface area contributed by atoms with Crippen LogP contribution in [0.1, 0.15) is 52.0 Å². The third kappa shape index (κ3) is 5.22. The highest BCUT2D eigenvalue weighted by Gasteiger charge is 2.21. The van der Waals surface area contributed by atoms with Crippen LogP contribution in [0.3, 0.4) is 0 Å². The number of hydrogen-bond acceptors (Lipinski definition) is 3. The molecule has 0 aliphatic heterocycles. The number of ether oxygens (including phenoxy) is 1. The summed E-state index contributed by atoms with van der Waals surface area (Å²) in [5.74, 6) is 1.44. The van der Waals surface area contributed by atoms with Gasteiger partial charge in [-0.2, -0.15) is 5.26 Å². The molecule has 1 N–H and O–H groups in total. The SMILES string of the molecule is CCNC(C)(C#N)CCCOc1ccc(C(C)C)cc1. The molecule has 0 saturated heterocycles. The van der Waals surface area contributed by atoms with Gasteiger partial charge in [0.1, 0.15) is 11.3 Å². The number of rotatable bonds is 8. The normalized spacial score (nSPS) is 13.8. The molecule has 1 aromatic rings. The minimum Gasteiger partial charge on any atom is -0.494 e. The first-order valence-corrected chi connectivity index (χ1v) is 7.40. The Hall–Kier alpha value is -1.53. The van der Waals surface area contributed by atoms with Crippen LogP contribution in [0.25, 0.3) is 0 Å². The molecule has 0 amide bonds. The quantitative estimate of drug-likeness (QED) is 0.732. The summed E-state index contributed by atoms with van der Waals surface area (Å²) >= 11 is 0. The summed E-state index contributed by atoms with van der Waals surface area (Å²) in [5.41, 5.74) is 0.876. The Morgan fingerprint density at radius 3 is 2.45 bits per heavy atom. The molecule has 0 spiro atoms. The molecule has 1 unspecified atom stereocenters. The zero-order valence-corrected chi connectivity index (χ0v) is 13.1. The predicted octanol–water partition coefficient (Wildman–Crippen LogP) is 3.86. The summed E-state index contributed by atoms with van der Waals surface area (Å²) in [5, 5.41) is 12.4. The van der Waals surface area contributed by atoms with Gasteiger partial charge >= 0.3 is 0 Å². The minimum atomic E-state index is -0.445. The molecule has 0 radical (unpaired) electrons. The van der Waals surface area contributed by atoms with Crippen molar-refractivity contribution in [1.82, 2.24) is 5.32 Å². The summed E-state index contributed by atoms with van der Waals surface area (Å²) < 4.78 is 5.72. The highest BCUT2D eigenvalue weighted by molar-refractivity contribution is 5.28. The number of nitrogens with zero attached hydrogens (tertiary/aromatic N) is 1. The maximum atomic E-state index is 9.16. The van der Waals surface area contributed by atoms with Crippen LogP contribution in [-0.2, 0) is 0 Å². The van der Waals surface area contributed by atoms with E-state index in [1.54, 1.807) is 0 Å². The largest absolute Gasteiger partial charge is 0.494 e. The smallest absolute Gasteiger partial charge is 0.119 e. The van der Waals surface area contributed by atoms with Crippen molar-refractivity contribution in [3.8, 4) is 11.8 Å². The van der Waals surface area contributed by atoms with E-state index in [1.165, 1.54) is 5.56 Å². The topological polar surface area (TPSA) is 45.0 Å². The van der Waals surface area contributed by atoms with Crippen molar-refractivity contribution in [1.29, 1.82) is 5.26 Å². The molecule has 0 aliphatic rings. The van der Waals surface area contributed by atoms with Crippen LogP contribution in [0.2, 0.25) is 0 Å². The Balaban J connectivity index is 2.36. The van der Waals surface area contributed by atoms with Crippen LogP contribution in [-0.4, -0.2) is 18.7 Å². The van der Waals surface area contributed by atoms with E-state index in [-0.39, 0.29) is 0 Å². The van der Waals surface area contributed by atoms with Gasteiger partial charge in [-0.3, -0.25) is 5.32 Å². The maximum Gasteiger partial charge on any atom is 0.119 e. The van der Waals surface area contributed by atoms with Crippen molar-refractivity contribution < 1.29 is 4.74 Å². The van der Waals surface area contributed by atoms with Crippen LogP contribution in [0.5, 0.6) is 5.75 Å². The van der Waals surface area contributed by atoms with Crippen LogP contribution in [0.15, 0.2) is 24.3 Å². The lowest BCUT2D eigenvalue weighted by molar-refractivity contribution is 0.286. The lowest BCUT2D eigenvalue weighted by atomic mass is 9.98. The molecule has 0 bridgehead atoms. The second kappa shape index (κ2) is 7.91. The first-order chi connectivity index (χ1) is 9.50. The average Bonchev–Trinajstić information content (AvgIpc) is 2.44. The van der Waals surface area contributed by atoms with Crippen LogP contribution in [0, 0.1) is 11.3 Å². The summed E-state index contributed by atoms with van der Waals surface area (Å²) in [4.78, 5) is 0. The summed E-state index contributed by atoms with van der Waals surface area (Å²) in [7, 11) is 0. The number of nitriles is 1. The summed E-state index contributed by atoms with van der Waals surface area (Å²) in [6.45, 7) is 9.76. The molecule has 20 heavy (non-hydrogen) atoms. The van der Waals surface area contributed by atoms with Gasteiger partial charge in [0.05, 0.1) is 12.7 Å². The fourth-order valence-corrected chi connectivity index (χ4v) is 2.14. The van der Waals surface area contributed by atoms with Gasteiger partial charge < -0.3 is 4.74 Å². The Bertz CT molecular complexity index is 433. The van der Waals surface area contributed by atoms with Gasteiger partial charge in [0.25, 0.3) is 0 Å². The van der Waals surface area contributed by atoms with Gasteiger partial charge in [-0.1, -0.05) is 32.9 Å². The van der Waals surface area contributed by atoms with E-state index in [4.69, 9.17) is 10.00 Å². The minimum absolute atomic E-state index is 0.445. The third-order valence-corrected chi connectivity index (χ3v) is 3.45. The second-order valence-electron chi connectivity index (χ2n) is 5.65. The molecule has 0 aromatic heterocycles. The van der Waals surface area contributed by atoms with Gasteiger partial charge in [0.15, 0.2) is 0 Å². The summed E-state index contributed by atoms with van der Waals surface area (Å²) in [6, 6.07) is 10.6. The Kier molecular flexibility index (Phi) is 6.54. The van der Waals surface area contributed by atoms with Gasteiger partial charge in [-0.15, -0.1) is 0 Å². The van der Waals surface area contributed by atoms with Gasteiger partial charge in [-0.05, 0) is 49.9 Å². The van der Waals surface area contributed by atoms with E-state index >= 15 is 0 Å². The van der Waals surface area contributed by atoms with Crippen molar-refractivity contribution >= 4 is 0 Å². The molecule has 3 nitrogen and oxygen atoms in total. The standard InChI is InChI=1S/C17H26N2O/c1-5-19-17(4,13-18)11-6-12-20-16-9-7-15(8-10-16)14(2)3/h7-10,14,19H,5-6,11-12H2,1-4H3. The molecule has 1 aromatic carbocycles. The Morgan fingerprint density at radius 1 is 1.30 bits per heavy atom. The average molecular weight is 274 g/mol. The van der Waals surface area contributed by atoms with E-state index in [0.29, 0.717) is 12.5 Å². The zero-order chi connectivity index (χ0) is 15.0. The van der Waals surface area contributed by atoms with Crippen molar-refractivity contribution in [2.45, 2.75) is 52.0 Å². The zero-order valence-electron chi connectivity index (χ0n) is 13.1. The summed E-state index contributed by atoms with van der Waals surface area (Å²) in [6.07, 6.45) is 1.66. The second-order valence-corrected chi connectivity index (χ2v) is 5.65. The predicted molar refractivity (Wildman–Crippen MR) is 83.0 cm³/mol. The number of benzene rings is 1. The Morgan fingerprint density at radius 2 is 1.95 bits per heavy atom. The highest BCUT2D eigenvalue weighted by atomic mass is 16.5. The monoisotopic (exact) mass is 274 g/mol.